The maximum absolute atomic E-state index is 5.28. The lowest BCUT2D eigenvalue weighted by molar-refractivity contribution is 0.372. The van der Waals surface area contributed by atoms with Gasteiger partial charge in [0.1, 0.15) is 0 Å². The largest absolute Gasteiger partial charge is 0.370 e. The smallest absolute Gasteiger partial charge is 0.228 e. The molecule has 0 atom stereocenters. The Kier molecular flexibility index (Phi) is 8.78. The molecular weight excluding hydrogens is 352 g/mol. The fourth-order valence-corrected chi connectivity index (χ4v) is 2.81. The molecule has 0 spiro atoms. The Bertz CT molecular complexity index is 740. The first kappa shape index (κ1) is 21.7. The van der Waals surface area contributed by atoms with Crippen LogP contribution in [0.4, 0.5) is 5.69 Å². The first-order valence-corrected chi connectivity index (χ1v) is 10.2. The molecule has 2 N–H and O–H groups in total. The van der Waals surface area contributed by atoms with E-state index >= 15 is 0 Å². The van der Waals surface area contributed by atoms with Crippen LogP contribution in [-0.4, -0.2) is 48.8 Å². The molecule has 1 aromatic carbocycles. The minimum atomic E-state index is 0.273. The van der Waals surface area contributed by atoms with Gasteiger partial charge in [-0.15, -0.1) is 0 Å². The van der Waals surface area contributed by atoms with Gasteiger partial charge in [0.25, 0.3) is 0 Å². The van der Waals surface area contributed by atoms with Crippen LogP contribution < -0.4 is 15.5 Å². The number of nitrogens with one attached hydrogen (secondary N) is 2. The van der Waals surface area contributed by atoms with E-state index in [0.717, 1.165) is 38.0 Å². The van der Waals surface area contributed by atoms with Crippen molar-refractivity contribution in [2.45, 2.75) is 47.0 Å². The highest BCUT2D eigenvalue weighted by atomic mass is 16.5. The molecule has 0 amide bonds. The lowest BCUT2D eigenvalue weighted by Gasteiger charge is -2.24. The van der Waals surface area contributed by atoms with E-state index < -0.39 is 0 Å². The second-order valence-corrected chi connectivity index (χ2v) is 7.06. The molecule has 0 radical (unpaired) electrons. The van der Waals surface area contributed by atoms with Crippen LogP contribution in [0, 0.1) is 6.92 Å². The molecule has 0 aliphatic rings. The highest BCUT2D eigenvalue weighted by molar-refractivity contribution is 5.79. The molecule has 0 unspecified atom stereocenters. The maximum atomic E-state index is 5.28. The summed E-state index contributed by atoms with van der Waals surface area (Å²) in [5.74, 6) is 2.47. The van der Waals surface area contributed by atoms with E-state index in [1.54, 1.807) is 0 Å². The van der Waals surface area contributed by atoms with Crippen LogP contribution in [0.15, 0.2) is 33.8 Å². The van der Waals surface area contributed by atoms with Gasteiger partial charge in [-0.05, 0) is 38.5 Å². The second-order valence-electron chi connectivity index (χ2n) is 7.06. The molecule has 2 rings (SSSR count). The Morgan fingerprint density at radius 2 is 2.07 bits per heavy atom. The van der Waals surface area contributed by atoms with Crippen molar-refractivity contribution in [2.75, 3.05) is 37.6 Å². The first-order valence-electron chi connectivity index (χ1n) is 10.2. The van der Waals surface area contributed by atoms with E-state index in [9.17, 15) is 0 Å². The second kappa shape index (κ2) is 11.3. The molecule has 0 fully saturated rings. The summed E-state index contributed by atoms with van der Waals surface area (Å²) in [6.07, 6.45) is 0.640. The number of aliphatic imine (C=N–C) groups is 1. The van der Waals surface area contributed by atoms with Crippen LogP contribution in [0.3, 0.4) is 0 Å². The standard InChI is InChI=1S/C21H34N6O/c1-6-22-21(23-12-11-19-25-20(16(3)4)26-28-19)24-13-14-27(7-2)18-10-8-9-17(5)15-18/h8-10,15-16H,6-7,11-14H2,1-5H3,(H2,22,23,24). The van der Waals surface area contributed by atoms with Gasteiger partial charge in [0.15, 0.2) is 11.8 Å². The third-order valence-corrected chi connectivity index (χ3v) is 4.36. The number of likely N-dealkylation sites (N-methyl/N-ethyl adjacent to an activating group) is 1. The van der Waals surface area contributed by atoms with Crippen molar-refractivity contribution in [1.82, 2.24) is 20.8 Å². The van der Waals surface area contributed by atoms with Gasteiger partial charge >= 0.3 is 0 Å². The molecule has 0 bridgehead atoms. The molecule has 0 saturated heterocycles. The van der Waals surface area contributed by atoms with E-state index in [-0.39, 0.29) is 5.92 Å². The van der Waals surface area contributed by atoms with Crippen LogP contribution in [0.2, 0.25) is 0 Å². The average molecular weight is 387 g/mol. The van der Waals surface area contributed by atoms with Gasteiger partial charge in [0.05, 0.1) is 6.54 Å². The van der Waals surface area contributed by atoms with Crippen molar-refractivity contribution in [3.63, 3.8) is 0 Å². The Balaban J connectivity index is 1.84. The molecule has 28 heavy (non-hydrogen) atoms. The molecule has 0 saturated carbocycles. The Labute approximate surface area is 168 Å². The predicted octanol–water partition coefficient (Wildman–Crippen LogP) is 3.13. The number of hydrogen-bond acceptors (Lipinski definition) is 5. The van der Waals surface area contributed by atoms with Gasteiger partial charge in [-0.25, -0.2) is 0 Å². The Hall–Kier alpha value is -2.57. The van der Waals surface area contributed by atoms with Crippen molar-refractivity contribution in [1.29, 1.82) is 0 Å². The monoisotopic (exact) mass is 386 g/mol. The zero-order valence-electron chi connectivity index (χ0n) is 17.8. The highest BCUT2D eigenvalue weighted by Gasteiger charge is 2.09. The van der Waals surface area contributed by atoms with E-state index in [4.69, 9.17) is 4.52 Å². The lowest BCUT2D eigenvalue weighted by Crippen LogP contribution is -2.41. The van der Waals surface area contributed by atoms with Crippen LogP contribution in [0.5, 0.6) is 0 Å². The molecule has 7 heteroatoms. The lowest BCUT2D eigenvalue weighted by atomic mass is 10.2. The number of hydrogen-bond donors (Lipinski definition) is 2. The summed E-state index contributed by atoms with van der Waals surface area (Å²) in [6.45, 7) is 14.6. The van der Waals surface area contributed by atoms with E-state index in [2.05, 4.69) is 89.6 Å². The normalized spacial score (nSPS) is 11.7. The van der Waals surface area contributed by atoms with Gasteiger partial charge in [-0.3, -0.25) is 4.99 Å². The molecule has 1 aromatic heterocycles. The van der Waals surface area contributed by atoms with Gasteiger partial charge in [-0.1, -0.05) is 31.1 Å². The topological polar surface area (TPSA) is 78.6 Å². The van der Waals surface area contributed by atoms with Crippen molar-refractivity contribution in [3.8, 4) is 0 Å². The summed E-state index contributed by atoms with van der Waals surface area (Å²) in [5.41, 5.74) is 2.53. The van der Waals surface area contributed by atoms with Crippen molar-refractivity contribution < 1.29 is 4.52 Å². The minimum Gasteiger partial charge on any atom is -0.370 e. The minimum absolute atomic E-state index is 0.273. The van der Waals surface area contributed by atoms with E-state index in [1.807, 2.05) is 0 Å². The maximum Gasteiger partial charge on any atom is 0.228 e. The van der Waals surface area contributed by atoms with Crippen molar-refractivity contribution in [3.05, 3.63) is 41.5 Å². The number of nitrogens with zero attached hydrogens (tertiary/aromatic N) is 4. The van der Waals surface area contributed by atoms with E-state index in [0.29, 0.717) is 18.9 Å². The Morgan fingerprint density at radius 1 is 1.25 bits per heavy atom. The van der Waals surface area contributed by atoms with Gasteiger partial charge < -0.3 is 20.1 Å². The van der Waals surface area contributed by atoms with Gasteiger partial charge in [0.2, 0.25) is 5.89 Å². The van der Waals surface area contributed by atoms with Crippen molar-refractivity contribution in [2.24, 2.45) is 4.99 Å². The Morgan fingerprint density at radius 3 is 2.71 bits per heavy atom. The summed E-state index contributed by atoms with van der Waals surface area (Å²) < 4.78 is 5.28. The fraction of sp³-hybridized carbons (Fsp3) is 0.571. The van der Waals surface area contributed by atoms with Crippen LogP contribution >= 0.6 is 0 Å². The molecule has 0 aliphatic heterocycles. The highest BCUT2D eigenvalue weighted by Crippen LogP contribution is 2.15. The van der Waals surface area contributed by atoms with Crippen LogP contribution in [0.1, 0.15) is 50.9 Å². The molecule has 1 heterocycles. The number of benzene rings is 1. The molecule has 0 aliphatic carbocycles. The van der Waals surface area contributed by atoms with Crippen LogP contribution in [-0.2, 0) is 6.42 Å². The first-order chi connectivity index (χ1) is 13.5. The average Bonchev–Trinajstić information content (AvgIpc) is 3.14. The molecule has 154 valence electrons. The summed E-state index contributed by atoms with van der Waals surface area (Å²) in [7, 11) is 0. The number of anilines is 1. The van der Waals surface area contributed by atoms with Crippen molar-refractivity contribution >= 4 is 11.6 Å². The fourth-order valence-electron chi connectivity index (χ4n) is 2.81. The zero-order valence-corrected chi connectivity index (χ0v) is 17.8. The summed E-state index contributed by atoms with van der Waals surface area (Å²) in [4.78, 5) is 11.4. The number of rotatable bonds is 10. The quantitative estimate of drug-likeness (QED) is 0.482. The summed E-state index contributed by atoms with van der Waals surface area (Å²) in [6, 6.07) is 8.61. The van der Waals surface area contributed by atoms with Crippen LogP contribution in [0.25, 0.3) is 0 Å². The number of aromatic nitrogens is 2. The third kappa shape index (κ3) is 6.87. The zero-order chi connectivity index (χ0) is 20.4. The SMILES string of the molecule is CCNC(=NCCc1nc(C(C)C)no1)NCCN(CC)c1cccc(C)c1. The molecular formula is C21H34N6O. The summed E-state index contributed by atoms with van der Waals surface area (Å²) >= 11 is 0. The predicted molar refractivity (Wildman–Crippen MR) is 115 cm³/mol. The number of guanidine groups is 1. The third-order valence-electron chi connectivity index (χ3n) is 4.36. The van der Waals surface area contributed by atoms with Gasteiger partial charge in [0, 0.05) is 44.2 Å². The number of aryl methyl sites for hydroxylation is 1. The molecule has 7 nitrogen and oxygen atoms in total. The van der Waals surface area contributed by atoms with Gasteiger partial charge in [-0.2, -0.15) is 4.98 Å². The molecule has 2 aromatic rings. The van der Waals surface area contributed by atoms with E-state index in [1.165, 1.54) is 11.3 Å². The summed E-state index contributed by atoms with van der Waals surface area (Å²) in [5, 5.41) is 10.7.